The van der Waals surface area contributed by atoms with Crippen LogP contribution in [-0.2, 0) is 0 Å². The Morgan fingerprint density at radius 1 is 0.462 bits per heavy atom. The van der Waals surface area contributed by atoms with Crippen molar-refractivity contribution in [2.24, 2.45) is 0 Å². The second-order valence-corrected chi connectivity index (χ2v) is 10.9. The first kappa shape index (κ1) is 22.2. The van der Waals surface area contributed by atoms with E-state index in [9.17, 15) is 0 Å². The summed E-state index contributed by atoms with van der Waals surface area (Å²) in [6.45, 7) is 0. The molecule has 0 fully saturated rings. The fourth-order valence-electron chi connectivity index (χ4n) is 5.84. The lowest BCUT2D eigenvalue weighted by Crippen LogP contribution is -2.09. The molecular formula is C36H24N2S. The third kappa shape index (κ3) is 3.55. The van der Waals surface area contributed by atoms with Gasteiger partial charge in [0.15, 0.2) is 0 Å². The molecule has 2 heterocycles. The van der Waals surface area contributed by atoms with E-state index >= 15 is 0 Å². The molecule has 0 radical (unpaired) electrons. The first-order chi connectivity index (χ1) is 19.3. The number of aromatic nitrogens is 1. The molecule has 0 unspecified atom stereocenters. The average molecular weight is 517 g/mol. The third-order valence-corrected chi connectivity index (χ3v) is 8.80. The van der Waals surface area contributed by atoms with Crippen LogP contribution in [0.5, 0.6) is 0 Å². The number of aromatic amines is 1. The van der Waals surface area contributed by atoms with Crippen LogP contribution in [0.4, 0.5) is 17.1 Å². The molecule has 1 N–H and O–H groups in total. The Hall–Kier alpha value is -4.86. The SMILES string of the molecule is c1ccc(N(c2ccccc2)c2cc(-c3cccc4c3sc3ccccc34)c3[nH]c4ccccc4c3c2)cc1. The molecule has 2 nitrogen and oxygen atoms in total. The zero-order valence-corrected chi connectivity index (χ0v) is 22.0. The van der Waals surface area contributed by atoms with Crippen molar-refractivity contribution < 1.29 is 0 Å². The van der Waals surface area contributed by atoms with E-state index in [1.165, 1.54) is 47.6 Å². The summed E-state index contributed by atoms with van der Waals surface area (Å²) < 4.78 is 2.64. The molecule has 0 aliphatic carbocycles. The minimum absolute atomic E-state index is 1.13. The van der Waals surface area contributed by atoms with Gasteiger partial charge in [-0.2, -0.15) is 0 Å². The van der Waals surface area contributed by atoms with Crippen molar-refractivity contribution in [3.05, 3.63) is 140 Å². The van der Waals surface area contributed by atoms with Crippen LogP contribution in [0.25, 0.3) is 53.1 Å². The largest absolute Gasteiger partial charge is 0.354 e. The number of fused-ring (bicyclic) bond motifs is 6. The molecule has 8 rings (SSSR count). The number of thiophene rings is 1. The topological polar surface area (TPSA) is 19.0 Å². The Morgan fingerprint density at radius 2 is 1.10 bits per heavy atom. The molecule has 8 aromatic rings. The molecule has 184 valence electrons. The molecule has 0 saturated heterocycles. The summed E-state index contributed by atoms with van der Waals surface area (Å²) in [4.78, 5) is 6.13. The van der Waals surface area contributed by atoms with Gasteiger partial charge in [-0.1, -0.05) is 91.0 Å². The van der Waals surface area contributed by atoms with Gasteiger partial charge in [-0.25, -0.2) is 0 Å². The van der Waals surface area contributed by atoms with Gasteiger partial charge in [-0.05, 0) is 48.5 Å². The van der Waals surface area contributed by atoms with Crippen molar-refractivity contribution in [1.82, 2.24) is 4.98 Å². The quantitative estimate of drug-likeness (QED) is 0.246. The number of H-pyrrole nitrogens is 1. The zero-order chi connectivity index (χ0) is 25.8. The van der Waals surface area contributed by atoms with Gasteiger partial charge in [0.05, 0.1) is 5.52 Å². The number of nitrogens with one attached hydrogen (secondary N) is 1. The van der Waals surface area contributed by atoms with E-state index in [4.69, 9.17) is 0 Å². The molecule has 0 atom stereocenters. The monoisotopic (exact) mass is 516 g/mol. The van der Waals surface area contributed by atoms with Crippen LogP contribution in [0.15, 0.2) is 140 Å². The summed E-state index contributed by atoms with van der Waals surface area (Å²) in [5.74, 6) is 0. The smallest absolute Gasteiger partial charge is 0.0546 e. The summed E-state index contributed by atoms with van der Waals surface area (Å²) in [6, 6.07) is 50.1. The first-order valence-corrected chi connectivity index (χ1v) is 14.0. The van der Waals surface area contributed by atoms with Gasteiger partial charge >= 0.3 is 0 Å². The molecule has 0 bridgehead atoms. The van der Waals surface area contributed by atoms with E-state index < -0.39 is 0 Å². The van der Waals surface area contributed by atoms with Gasteiger partial charge < -0.3 is 9.88 Å². The van der Waals surface area contributed by atoms with Crippen molar-refractivity contribution in [3.63, 3.8) is 0 Å². The summed E-state index contributed by atoms with van der Waals surface area (Å²) in [6.07, 6.45) is 0. The molecule has 0 aliphatic heterocycles. The molecule has 6 aromatic carbocycles. The lowest BCUT2D eigenvalue weighted by atomic mass is 9.98. The highest BCUT2D eigenvalue weighted by Crippen LogP contribution is 2.45. The second-order valence-electron chi connectivity index (χ2n) is 9.87. The van der Waals surface area contributed by atoms with E-state index in [0.717, 1.165) is 22.6 Å². The van der Waals surface area contributed by atoms with Crippen molar-refractivity contribution in [2.75, 3.05) is 4.90 Å². The van der Waals surface area contributed by atoms with E-state index in [1.807, 2.05) is 11.3 Å². The van der Waals surface area contributed by atoms with Crippen LogP contribution in [0.2, 0.25) is 0 Å². The normalized spacial score (nSPS) is 11.6. The lowest BCUT2D eigenvalue weighted by Gasteiger charge is -2.26. The summed E-state index contributed by atoms with van der Waals surface area (Å²) in [7, 11) is 0. The van der Waals surface area contributed by atoms with Crippen LogP contribution in [-0.4, -0.2) is 4.98 Å². The first-order valence-electron chi connectivity index (χ1n) is 13.2. The third-order valence-electron chi connectivity index (χ3n) is 7.58. The molecular weight excluding hydrogens is 492 g/mol. The van der Waals surface area contributed by atoms with Crippen molar-refractivity contribution in [3.8, 4) is 11.1 Å². The molecule has 2 aromatic heterocycles. The fraction of sp³-hybridized carbons (Fsp3) is 0. The lowest BCUT2D eigenvalue weighted by molar-refractivity contribution is 1.29. The van der Waals surface area contributed by atoms with Crippen LogP contribution in [0.3, 0.4) is 0 Å². The van der Waals surface area contributed by atoms with Crippen molar-refractivity contribution in [1.29, 1.82) is 0 Å². The zero-order valence-electron chi connectivity index (χ0n) is 21.1. The average Bonchev–Trinajstić information content (AvgIpc) is 3.57. The Balaban J connectivity index is 1.48. The van der Waals surface area contributed by atoms with Gasteiger partial charge in [-0.15, -0.1) is 11.3 Å². The van der Waals surface area contributed by atoms with Crippen LogP contribution in [0.1, 0.15) is 0 Å². The molecule has 3 heteroatoms. The van der Waals surface area contributed by atoms with E-state index in [1.54, 1.807) is 0 Å². The van der Waals surface area contributed by atoms with Crippen LogP contribution in [0, 0.1) is 0 Å². The summed E-state index contributed by atoms with van der Waals surface area (Å²) in [5, 5.41) is 5.09. The fourth-order valence-corrected chi connectivity index (χ4v) is 7.07. The van der Waals surface area contributed by atoms with Gasteiger partial charge in [0.2, 0.25) is 0 Å². The molecule has 0 aliphatic rings. The minimum Gasteiger partial charge on any atom is -0.354 e. The highest BCUT2D eigenvalue weighted by Gasteiger charge is 2.19. The predicted molar refractivity (Wildman–Crippen MR) is 169 cm³/mol. The maximum absolute atomic E-state index is 3.78. The van der Waals surface area contributed by atoms with E-state index in [-0.39, 0.29) is 0 Å². The maximum atomic E-state index is 3.78. The summed E-state index contributed by atoms with van der Waals surface area (Å²) >= 11 is 1.88. The van der Waals surface area contributed by atoms with Gasteiger partial charge in [0.1, 0.15) is 0 Å². The van der Waals surface area contributed by atoms with Gasteiger partial charge in [0.25, 0.3) is 0 Å². The minimum atomic E-state index is 1.13. The number of rotatable bonds is 4. The Morgan fingerprint density at radius 3 is 1.87 bits per heavy atom. The Bertz CT molecular complexity index is 2080. The number of hydrogen-bond donors (Lipinski definition) is 1. The van der Waals surface area contributed by atoms with Gasteiger partial charge in [0, 0.05) is 64.7 Å². The number of hydrogen-bond acceptors (Lipinski definition) is 2. The highest BCUT2D eigenvalue weighted by molar-refractivity contribution is 7.26. The molecule has 0 spiro atoms. The van der Waals surface area contributed by atoms with Crippen molar-refractivity contribution >= 4 is 70.4 Å². The molecule has 0 amide bonds. The second kappa shape index (κ2) is 8.87. The van der Waals surface area contributed by atoms with E-state index in [0.29, 0.717) is 0 Å². The number of nitrogens with zero attached hydrogens (tertiary/aromatic N) is 1. The van der Waals surface area contributed by atoms with Crippen LogP contribution < -0.4 is 4.90 Å². The standard InChI is InChI=1S/C36H24N2S/c1-3-12-24(13-4-1)38(25-14-5-2-6-15-25)26-22-31-27-16-7-9-20-33(27)37-35(31)32(23-26)30-19-11-18-29-28-17-8-10-21-34(28)39-36(29)30/h1-23,37H. The molecule has 39 heavy (non-hydrogen) atoms. The van der Waals surface area contributed by atoms with E-state index in [2.05, 4.69) is 149 Å². The van der Waals surface area contributed by atoms with Crippen LogP contribution >= 0.6 is 11.3 Å². The predicted octanol–water partition coefficient (Wildman–Crippen LogP) is 10.8. The number of benzene rings is 6. The van der Waals surface area contributed by atoms with Crippen molar-refractivity contribution in [2.45, 2.75) is 0 Å². The summed E-state index contributed by atoms with van der Waals surface area (Å²) in [5.41, 5.74) is 8.20. The number of anilines is 3. The highest BCUT2D eigenvalue weighted by atomic mass is 32.1. The maximum Gasteiger partial charge on any atom is 0.0546 e. The number of para-hydroxylation sites is 3. The Kier molecular flexibility index (Phi) is 5.04. The molecule has 0 saturated carbocycles. The Labute approximate surface area is 230 Å². The van der Waals surface area contributed by atoms with Gasteiger partial charge in [-0.3, -0.25) is 0 Å².